The van der Waals surface area contributed by atoms with Crippen molar-refractivity contribution in [2.45, 2.75) is 39.3 Å². The molecule has 1 saturated heterocycles. The summed E-state index contributed by atoms with van der Waals surface area (Å²) < 4.78 is 13.5. The second kappa shape index (κ2) is 11.6. The molecular formula is C32H34N4O5. The first-order valence-electron chi connectivity index (χ1n) is 13.5. The number of β-amino-alcohol motifs (C(OH)–C–C–N with tert-alkyl or cyclic N) is 1. The molecule has 2 N–H and O–H groups in total. The van der Waals surface area contributed by atoms with E-state index >= 15 is 0 Å². The Morgan fingerprint density at radius 3 is 2.66 bits per heavy atom. The summed E-state index contributed by atoms with van der Waals surface area (Å²) in [4.78, 5) is 26.1. The zero-order valence-electron chi connectivity index (χ0n) is 23.7. The van der Waals surface area contributed by atoms with Crippen molar-refractivity contribution in [3.05, 3.63) is 95.0 Å². The van der Waals surface area contributed by atoms with Gasteiger partial charge >= 0.3 is 0 Å². The summed E-state index contributed by atoms with van der Waals surface area (Å²) in [5.41, 5.74) is 3.54. The van der Waals surface area contributed by atoms with Crippen LogP contribution in [-0.2, 0) is 6.54 Å². The van der Waals surface area contributed by atoms with Crippen molar-refractivity contribution < 1.29 is 23.8 Å². The van der Waals surface area contributed by atoms with Crippen molar-refractivity contribution in [3.8, 4) is 11.5 Å². The van der Waals surface area contributed by atoms with Crippen LogP contribution in [0.5, 0.6) is 11.5 Å². The molecule has 9 nitrogen and oxygen atoms in total. The number of aromatic nitrogens is 2. The Morgan fingerprint density at radius 1 is 1.20 bits per heavy atom. The quantitative estimate of drug-likeness (QED) is 0.274. The number of benzene rings is 2. The van der Waals surface area contributed by atoms with Crippen LogP contribution in [0.4, 0.5) is 0 Å². The van der Waals surface area contributed by atoms with Gasteiger partial charge in [-0.1, -0.05) is 30.3 Å². The second-order valence-corrected chi connectivity index (χ2v) is 10.6. The van der Waals surface area contributed by atoms with E-state index in [2.05, 4.69) is 22.5 Å². The number of ether oxygens (including phenoxy) is 1. The number of fused-ring (bicyclic) bond motifs is 2. The van der Waals surface area contributed by atoms with Gasteiger partial charge in [-0.2, -0.15) is 5.10 Å². The lowest BCUT2D eigenvalue weighted by molar-refractivity contribution is 0.0572. The molecule has 5 aromatic rings. The molecule has 1 atom stereocenters. The summed E-state index contributed by atoms with van der Waals surface area (Å²) in [5, 5.41) is 18.4. The molecule has 212 valence electrons. The highest BCUT2D eigenvalue weighted by Crippen LogP contribution is 2.34. The number of carbonyl (C=O) groups is 2. The van der Waals surface area contributed by atoms with Gasteiger partial charge in [-0.3, -0.25) is 9.59 Å². The standard InChI is InChI=1S/C24H23N3O5.C8H11N/c1-14-18(23(29)26-9-7-24(3,30)13-26)11-27-22(14)20(6-8-25-27)32-16-4-5-17-19(12-28)15(2)31-21(17)10-16;1-9-7-8-5-3-2-4-6-8/h4-6,8,10-12,30H,7,9,13H2,1-3H3;2-6,9H,7H2,1H3. The number of hydrogen-bond donors (Lipinski definition) is 2. The molecule has 0 bridgehead atoms. The number of nitrogens with zero attached hydrogens (tertiary/aromatic N) is 3. The van der Waals surface area contributed by atoms with Gasteiger partial charge in [0.05, 0.1) is 22.9 Å². The van der Waals surface area contributed by atoms with Crippen molar-refractivity contribution in [2.24, 2.45) is 0 Å². The summed E-state index contributed by atoms with van der Waals surface area (Å²) in [6, 6.07) is 17.4. The Morgan fingerprint density at radius 2 is 1.98 bits per heavy atom. The van der Waals surface area contributed by atoms with E-state index in [1.807, 2.05) is 32.2 Å². The lowest BCUT2D eigenvalue weighted by Crippen LogP contribution is -2.34. The highest BCUT2D eigenvalue weighted by molar-refractivity contribution is 5.99. The summed E-state index contributed by atoms with van der Waals surface area (Å²) in [5.74, 6) is 1.51. The van der Waals surface area contributed by atoms with Crippen LogP contribution < -0.4 is 10.1 Å². The summed E-state index contributed by atoms with van der Waals surface area (Å²) >= 11 is 0. The molecule has 1 fully saturated rings. The van der Waals surface area contributed by atoms with Gasteiger partial charge in [0.2, 0.25) is 0 Å². The van der Waals surface area contributed by atoms with Crippen LogP contribution in [-0.4, -0.2) is 57.6 Å². The van der Waals surface area contributed by atoms with Crippen molar-refractivity contribution in [3.63, 3.8) is 0 Å². The highest BCUT2D eigenvalue weighted by Gasteiger charge is 2.35. The van der Waals surface area contributed by atoms with Gasteiger partial charge in [0.15, 0.2) is 12.0 Å². The highest BCUT2D eigenvalue weighted by atomic mass is 16.5. The topological polar surface area (TPSA) is 109 Å². The van der Waals surface area contributed by atoms with E-state index in [0.717, 1.165) is 23.8 Å². The maximum absolute atomic E-state index is 13.1. The molecule has 1 amide bonds. The molecule has 0 spiro atoms. The number of furan rings is 1. The SMILES string of the molecule is CNCc1ccccc1.Cc1oc2cc(Oc3ccnn4cc(C(=O)N5CCC(C)(O)C5)c(C)c34)ccc2c1C=O. The van der Waals surface area contributed by atoms with Crippen molar-refractivity contribution in [2.75, 3.05) is 20.1 Å². The van der Waals surface area contributed by atoms with Crippen LogP contribution in [0.15, 0.2) is 71.4 Å². The third-order valence-corrected chi connectivity index (χ3v) is 7.31. The van der Waals surface area contributed by atoms with Gasteiger partial charge in [-0.15, -0.1) is 0 Å². The molecule has 1 aliphatic heterocycles. The minimum atomic E-state index is -0.859. The molecule has 41 heavy (non-hydrogen) atoms. The van der Waals surface area contributed by atoms with Crippen LogP contribution in [0.3, 0.4) is 0 Å². The minimum Gasteiger partial charge on any atom is -0.460 e. The van der Waals surface area contributed by atoms with Crippen LogP contribution in [0, 0.1) is 13.8 Å². The number of carbonyl (C=O) groups excluding carboxylic acids is 2. The first-order valence-corrected chi connectivity index (χ1v) is 13.5. The van der Waals surface area contributed by atoms with E-state index in [0.29, 0.717) is 59.0 Å². The number of aldehydes is 1. The lowest BCUT2D eigenvalue weighted by Gasteiger charge is -2.18. The van der Waals surface area contributed by atoms with Gasteiger partial charge in [0.25, 0.3) is 5.91 Å². The van der Waals surface area contributed by atoms with Gasteiger partial charge in [-0.25, -0.2) is 4.52 Å². The molecule has 9 heteroatoms. The fourth-order valence-corrected chi connectivity index (χ4v) is 5.17. The number of rotatable bonds is 6. The van der Waals surface area contributed by atoms with Gasteiger partial charge in [-0.05, 0) is 57.5 Å². The van der Waals surface area contributed by atoms with Gasteiger partial charge in [0, 0.05) is 43.4 Å². The van der Waals surface area contributed by atoms with E-state index in [9.17, 15) is 14.7 Å². The molecule has 6 rings (SSSR count). The van der Waals surface area contributed by atoms with Crippen LogP contribution in [0.2, 0.25) is 0 Å². The van der Waals surface area contributed by atoms with E-state index in [4.69, 9.17) is 9.15 Å². The van der Waals surface area contributed by atoms with E-state index in [-0.39, 0.29) is 5.91 Å². The normalized spacial score (nSPS) is 16.6. The van der Waals surface area contributed by atoms with Crippen LogP contribution in [0.25, 0.3) is 16.5 Å². The minimum absolute atomic E-state index is 0.134. The summed E-state index contributed by atoms with van der Waals surface area (Å²) in [7, 11) is 1.95. The molecule has 2 aromatic carbocycles. The Bertz CT molecular complexity index is 1700. The van der Waals surface area contributed by atoms with Crippen molar-refractivity contribution in [1.29, 1.82) is 0 Å². The summed E-state index contributed by atoms with van der Waals surface area (Å²) in [6.07, 6.45) is 4.65. The van der Waals surface area contributed by atoms with Crippen molar-refractivity contribution >= 4 is 28.7 Å². The molecular weight excluding hydrogens is 520 g/mol. The third kappa shape index (κ3) is 5.86. The maximum atomic E-state index is 13.1. The number of likely N-dealkylation sites (tertiary alicyclic amines) is 1. The molecule has 3 aromatic heterocycles. The fraction of sp³-hybridized carbons (Fsp3) is 0.281. The average molecular weight is 555 g/mol. The lowest BCUT2D eigenvalue weighted by atomic mass is 10.1. The van der Waals surface area contributed by atoms with Crippen LogP contribution in [0.1, 0.15) is 50.9 Å². The zero-order valence-corrected chi connectivity index (χ0v) is 23.7. The zero-order chi connectivity index (χ0) is 29.1. The summed E-state index contributed by atoms with van der Waals surface area (Å²) in [6.45, 7) is 7.13. The molecule has 0 radical (unpaired) electrons. The van der Waals surface area contributed by atoms with E-state index < -0.39 is 5.60 Å². The first-order chi connectivity index (χ1) is 19.7. The van der Waals surface area contributed by atoms with E-state index in [1.165, 1.54) is 5.56 Å². The Kier molecular flexibility index (Phi) is 7.92. The molecule has 1 unspecified atom stereocenters. The number of aryl methyl sites for hydroxylation is 2. The number of amides is 1. The number of hydrogen-bond acceptors (Lipinski definition) is 7. The Hall–Kier alpha value is -4.47. The Labute approximate surface area is 238 Å². The maximum Gasteiger partial charge on any atom is 0.255 e. The van der Waals surface area contributed by atoms with Gasteiger partial charge < -0.3 is 24.5 Å². The predicted octanol–water partition coefficient (Wildman–Crippen LogP) is 5.31. The third-order valence-electron chi connectivity index (χ3n) is 7.31. The van der Waals surface area contributed by atoms with Gasteiger partial charge in [0.1, 0.15) is 22.6 Å². The molecule has 0 saturated carbocycles. The average Bonchev–Trinajstić information content (AvgIpc) is 3.60. The van der Waals surface area contributed by atoms with E-state index in [1.54, 1.807) is 59.9 Å². The molecule has 4 heterocycles. The largest absolute Gasteiger partial charge is 0.460 e. The monoisotopic (exact) mass is 554 g/mol. The predicted molar refractivity (Wildman–Crippen MR) is 157 cm³/mol. The number of nitrogens with one attached hydrogen (secondary N) is 1. The smallest absolute Gasteiger partial charge is 0.255 e. The van der Waals surface area contributed by atoms with Crippen LogP contribution >= 0.6 is 0 Å². The second-order valence-electron chi connectivity index (χ2n) is 10.6. The Balaban J connectivity index is 0.000000321. The molecule has 1 aliphatic rings. The molecule has 0 aliphatic carbocycles. The number of aliphatic hydroxyl groups is 1. The van der Waals surface area contributed by atoms with Crippen molar-refractivity contribution in [1.82, 2.24) is 19.8 Å². The first kappa shape index (κ1) is 28.1. The fourth-order valence-electron chi connectivity index (χ4n) is 5.17.